The van der Waals surface area contributed by atoms with E-state index in [0.29, 0.717) is 22.5 Å². The molecule has 228 valence electrons. The average Bonchev–Trinajstić information content (AvgIpc) is 3.64. The molecule has 4 N–H and O–H groups in total. The highest BCUT2D eigenvalue weighted by molar-refractivity contribution is 6.30. The normalized spacial score (nSPS) is 19.9. The van der Waals surface area contributed by atoms with E-state index in [-0.39, 0.29) is 30.1 Å². The van der Waals surface area contributed by atoms with Crippen LogP contribution in [-0.2, 0) is 5.67 Å². The van der Waals surface area contributed by atoms with Crippen molar-refractivity contribution in [3.05, 3.63) is 63.3 Å². The number of nitrogens with one attached hydrogen (secondary N) is 1. The number of urea groups is 1. The largest absolute Gasteiger partial charge is 0.462 e. The summed E-state index contributed by atoms with van der Waals surface area (Å²) in [5.41, 5.74) is 4.52. The number of alkyl halides is 3. The Labute approximate surface area is 249 Å². The van der Waals surface area contributed by atoms with Crippen molar-refractivity contribution in [3.8, 4) is 12.5 Å². The molecule has 0 saturated carbocycles. The van der Waals surface area contributed by atoms with Crippen molar-refractivity contribution in [2.75, 3.05) is 31.1 Å². The number of benzene rings is 1. The van der Waals surface area contributed by atoms with Gasteiger partial charge >= 0.3 is 6.03 Å². The lowest BCUT2D eigenvalue weighted by Gasteiger charge is -2.40. The number of fused-ring (bicyclic) bond motifs is 3. The number of hydrogen-bond donors (Lipinski definition) is 3. The standard InChI is InChI=1S/C15H13F2N3O.C12H15ClFN3O2.C2H2O/c16-13(17)14-18-11-9-5-1-2-6-10(9)21-12(11)15(19-14)20-7-3-4-8-20;1-7-6-17(11(15)19)3-2-12(7,14)9-4-8(13)5-16-10(9)18;1-2-3/h1-2,5-6,13H,3-4,7-8H2;4-5,7H,2-3,6H2,1H3,(H2,15,19)(H,16,18);1,3H/t;7-,12+;/m.0./s1. The van der Waals surface area contributed by atoms with E-state index in [2.05, 4.69) is 21.4 Å². The molecule has 2 saturated heterocycles. The van der Waals surface area contributed by atoms with Crippen LogP contribution in [0.25, 0.3) is 22.1 Å². The second-order valence-corrected chi connectivity index (χ2v) is 10.6. The number of pyridine rings is 1. The van der Waals surface area contributed by atoms with Crippen LogP contribution >= 0.6 is 11.6 Å². The van der Waals surface area contributed by atoms with Gasteiger partial charge in [0.05, 0.1) is 10.6 Å². The fraction of sp³-hybridized carbons (Fsp3) is 0.379. The van der Waals surface area contributed by atoms with Crippen LogP contribution in [0.3, 0.4) is 0 Å². The molecule has 2 atom stereocenters. The molecule has 3 aromatic heterocycles. The smallest absolute Gasteiger partial charge is 0.314 e. The molecule has 6 rings (SSSR count). The van der Waals surface area contributed by atoms with Gasteiger partial charge in [0.1, 0.15) is 22.9 Å². The first kappa shape index (κ1) is 31.5. The lowest BCUT2D eigenvalue weighted by atomic mass is 9.79. The molecular weight excluding hydrogens is 589 g/mol. The van der Waals surface area contributed by atoms with Gasteiger partial charge in [0, 0.05) is 50.1 Å². The maximum atomic E-state index is 15.1. The molecule has 14 heteroatoms. The predicted octanol–water partition coefficient (Wildman–Crippen LogP) is 5.48. The summed E-state index contributed by atoms with van der Waals surface area (Å²) >= 11 is 5.80. The quantitative estimate of drug-likeness (QED) is 0.258. The van der Waals surface area contributed by atoms with Gasteiger partial charge in [-0.3, -0.25) is 4.79 Å². The number of hydrogen-bond acceptors (Lipinski definition) is 7. The van der Waals surface area contributed by atoms with E-state index < -0.39 is 35.4 Å². The summed E-state index contributed by atoms with van der Waals surface area (Å²) < 4.78 is 47.1. The summed E-state index contributed by atoms with van der Waals surface area (Å²) in [7, 11) is 0. The van der Waals surface area contributed by atoms with Gasteiger partial charge in [-0.25, -0.2) is 27.9 Å². The Hall–Kier alpha value is -4.44. The molecule has 0 bridgehead atoms. The second kappa shape index (κ2) is 13.2. The van der Waals surface area contributed by atoms with Crippen LogP contribution in [-0.4, -0.2) is 57.2 Å². The van der Waals surface area contributed by atoms with Crippen LogP contribution in [0, 0.1) is 18.4 Å². The first-order chi connectivity index (χ1) is 20.5. The third kappa shape index (κ3) is 6.64. The summed E-state index contributed by atoms with van der Waals surface area (Å²) in [4.78, 5) is 36.7. The van der Waals surface area contributed by atoms with Crippen molar-refractivity contribution >= 4 is 45.5 Å². The molecule has 2 aliphatic rings. The molecule has 0 unspecified atom stereocenters. The van der Waals surface area contributed by atoms with Crippen LogP contribution in [0.2, 0.25) is 5.02 Å². The van der Waals surface area contributed by atoms with Crippen LogP contribution in [0.4, 0.5) is 23.8 Å². The monoisotopic (exact) mass is 618 g/mol. The number of aliphatic hydroxyl groups excluding tert-OH is 1. The zero-order chi connectivity index (χ0) is 31.3. The highest BCUT2D eigenvalue weighted by atomic mass is 35.5. The molecule has 1 aromatic carbocycles. The van der Waals surface area contributed by atoms with E-state index in [1.54, 1.807) is 6.92 Å². The molecule has 10 nitrogen and oxygen atoms in total. The summed E-state index contributed by atoms with van der Waals surface area (Å²) in [6.07, 6.45) is 6.13. The number of likely N-dealkylation sites (tertiary alicyclic amines) is 1. The van der Waals surface area contributed by atoms with E-state index in [0.717, 1.165) is 31.3 Å². The number of primary amides is 1. The minimum absolute atomic E-state index is 0.0108. The summed E-state index contributed by atoms with van der Waals surface area (Å²) in [5.74, 6) is -0.478. The number of aromatic amines is 1. The van der Waals surface area contributed by atoms with E-state index in [9.17, 15) is 18.4 Å². The number of nitrogens with zero attached hydrogens (tertiary/aromatic N) is 4. The van der Waals surface area contributed by atoms with Crippen molar-refractivity contribution in [3.63, 3.8) is 0 Å². The van der Waals surface area contributed by atoms with E-state index in [4.69, 9.17) is 26.9 Å². The molecule has 2 fully saturated rings. The Morgan fingerprint density at radius 1 is 1.28 bits per heavy atom. The summed E-state index contributed by atoms with van der Waals surface area (Å²) in [6.45, 7) is 3.63. The van der Waals surface area contributed by atoms with E-state index in [1.165, 1.54) is 23.3 Å². The van der Waals surface area contributed by atoms with Crippen molar-refractivity contribution in [2.45, 2.75) is 38.3 Å². The number of anilines is 1. The number of para-hydroxylation sites is 1. The number of halogens is 4. The number of rotatable bonds is 3. The first-order valence-electron chi connectivity index (χ1n) is 13.4. The minimum Gasteiger partial charge on any atom is -0.462 e. The summed E-state index contributed by atoms with van der Waals surface area (Å²) in [5, 5.41) is 8.12. The topological polar surface area (TPSA) is 142 Å². The maximum absolute atomic E-state index is 15.1. The number of nitrogens with two attached hydrogens (primary N) is 1. The number of piperidine rings is 1. The number of furan rings is 1. The van der Waals surface area contributed by atoms with E-state index in [1.807, 2.05) is 29.2 Å². The van der Waals surface area contributed by atoms with Crippen molar-refractivity contribution in [2.24, 2.45) is 11.7 Å². The lowest BCUT2D eigenvalue weighted by molar-refractivity contribution is 0.0155. The van der Waals surface area contributed by atoms with Gasteiger partial charge < -0.3 is 30.0 Å². The predicted molar refractivity (Wildman–Crippen MR) is 156 cm³/mol. The van der Waals surface area contributed by atoms with Crippen LogP contribution < -0.4 is 16.2 Å². The molecular formula is C29H30ClF3N6O4. The fourth-order valence-corrected chi connectivity index (χ4v) is 5.47. The highest BCUT2D eigenvalue weighted by Crippen LogP contribution is 2.40. The number of terminal acetylenes is 1. The zero-order valence-electron chi connectivity index (χ0n) is 23.2. The third-order valence-corrected chi connectivity index (χ3v) is 7.69. The molecule has 0 radical (unpaired) electrons. The molecule has 5 heterocycles. The number of H-pyrrole nitrogens is 1. The Morgan fingerprint density at radius 3 is 2.58 bits per heavy atom. The highest BCUT2D eigenvalue weighted by Gasteiger charge is 2.45. The lowest BCUT2D eigenvalue weighted by Crippen LogP contribution is -2.51. The third-order valence-electron chi connectivity index (χ3n) is 7.47. The molecule has 4 aromatic rings. The number of aromatic nitrogens is 3. The SMILES string of the molecule is C#CO.C[C@H]1CN(C(N)=O)CC[C@]1(F)c1cc(Cl)c[nH]c1=O.FC(F)c1nc(N2CCCC2)c2oc3ccccc3c2n1. The molecule has 0 spiro atoms. The van der Waals surface area contributed by atoms with E-state index >= 15 is 4.39 Å². The number of aliphatic hydroxyl groups is 1. The average molecular weight is 619 g/mol. The van der Waals surface area contributed by atoms with Gasteiger partial charge in [-0.1, -0.05) is 37.1 Å². The Bertz CT molecular complexity index is 1700. The van der Waals surface area contributed by atoms with Gasteiger partial charge in [-0.2, -0.15) is 0 Å². The maximum Gasteiger partial charge on any atom is 0.314 e. The number of amides is 2. The number of carbonyl (C=O) groups excluding carboxylic acids is 1. The first-order valence-corrected chi connectivity index (χ1v) is 13.8. The van der Waals surface area contributed by atoms with Crippen LogP contribution in [0.5, 0.6) is 0 Å². The number of carbonyl (C=O) groups is 1. The Kier molecular flexibility index (Phi) is 9.70. The molecule has 43 heavy (non-hydrogen) atoms. The van der Waals surface area contributed by atoms with Crippen LogP contribution in [0.15, 0.2) is 45.7 Å². The van der Waals surface area contributed by atoms with Gasteiger partial charge in [0.2, 0.25) is 0 Å². The Morgan fingerprint density at radius 2 is 1.95 bits per heavy atom. The molecule has 2 amide bonds. The van der Waals surface area contributed by atoms with Crippen molar-refractivity contribution < 1.29 is 27.5 Å². The second-order valence-electron chi connectivity index (χ2n) is 10.2. The van der Waals surface area contributed by atoms with Crippen molar-refractivity contribution in [1.29, 1.82) is 0 Å². The Balaban J connectivity index is 0.000000182. The van der Waals surface area contributed by atoms with Gasteiger partial charge in [-0.05, 0) is 31.0 Å². The van der Waals surface area contributed by atoms with Crippen molar-refractivity contribution in [1.82, 2.24) is 19.9 Å². The molecule has 0 aliphatic carbocycles. The summed E-state index contributed by atoms with van der Waals surface area (Å²) in [6, 6.07) is 8.10. The zero-order valence-corrected chi connectivity index (χ0v) is 24.0. The van der Waals surface area contributed by atoms with Crippen LogP contribution in [0.1, 0.15) is 44.0 Å². The van der Waals surface area contributed by atoms with Gasteiger partial charge in [0.25, 0.3) is 12.0 Å². The minimum atomic E-state index is -2.69. The fourth-order valence-electron chi connectivity index (χ4n) is 5.31. The molecule has 2 aliphatic heterocycles. The van der Waals surface area contributed by atoms with Gasteiger partial charge in [0.15, 0.2) is 17.2 Å². The van der Waals surface area contributed by atoms with Gasteiger partial charge in [-0.15, -0.1) is 0 Å².